The van der Waals surface area contributed by atoms with Crippen molar-refractivity contribution in [1.29, 1.82) is 0 Å². The van der Waals surface area contributed by atoms with Gasteiger partial charge in [-0.15, -0.1) is 0 Å². The van der Waals surface area contributed by atoms with Crippen molar-refractivity contribution < 1.29 is 4.79 Å². The van der Waals surface area contributed by atoms with E-state index < -0.39 is 0 Å². The lowest BCUT2D eigenvalue weighted by molar-refractivity contribution is 0.102. The molecule has 0 saturated carbocycles. The van der Waals surface area contributed by atoms with Gasteiger partial charge in [-0.2, -0.15) is 0 Å². The minimum absolute atomic E-state index is 0.247. The zero-order valence-corrected chi connectivity index (χ0v) is 12.4. The summed E-state index contributed by atoms with van der Waals surface area (Å²) in [6.45, 7) is 0.247. The number of amides is 1. The highest BCUT2D eigenvalue weighted by atomic mass is 35.5. The molecule has 1 amide bonds. The molecule has 0 fully saturated rings. The van der Waals surface area contributed by atoms with E-state index in [2.05, 4.69) is 22.1 Å². The SMILES string of the molecule is NCC#Cc1cncc(C(=O)Nc2ccc(Cl)cc2Cl)c1. The fourth-order valence-corrected chi connectivity index (χ4v) is 2.03. The van der Waals surface area contributed by atoms with Crippen LogP contribution < -0.4 is 11.1 Å². The van der Waals surface area contributed by atoms with Gasteiger partial charge in [-0.25, -0.2) is 0 Å². The van der Waals surface area contributed by atoms with Gasteiger partial charge in [-0.3, -0.25) is 9.78 Å². The van der Waals surface area contributed by atoms with E-state index >= 15 is 0 Å². The first-order valence-corrected chi connectivity index (χ1v) is 6.76. The summed E-state index contributed by atoms with van der Waals surface area (Å²) in [6.07, 6.45) is 3.02. The van der Waals surface area contributed by atoms with E-state index in [-0.39, 0.29) is 12.5 Å². The van der Waals surface area contributed by atoms with Gasteiger partial charge in [0, 0.05) is 23.0 Å². The number of nitrogens with two attached hydrogens (primary N) is 1. The molecule has 1 aromatic carbocycles. The first-order chi connectivity index (χ1) is 10.1. The highest BCUT2D eigenvalue weighted by molar-refractivity contribution is 6.36. The van der Waals surface area contributed by atoms with Crippen LogP contribution in [0.5, 0.6) is 0 Å². The Bertz CT molecular complexity index is 735. The lowest BCUT2D eigenvalue weighted by Gasteiger charge is -2.07. The summed E-state index contributed by atoms with van der Waals surface area (Å²) in [6, 6.07) is 6.47. The minimum atomic E-state index is -0.330. The van der Waals surface area contributed by atoms with Crippen LogP contribution in [-0.4, -0.2) is 17.4 Å². The molecule has 0 saturated heterocycles. The maximum atomic E-state index is 12.2. The Hall–Kier alpha value is -2.06. The summed E-state index contributed by atoms with van der Waals surface area (Å²) >= 11 is 11.8. The largest absolute Gasteiger partial charge is 0.321 e. The highest BCUT2D eigenvalue weighted by Gasteiger charge is 2.09. The molecule has 0 aliphatic heterocycles. The number of hydrogen-bond donors (Lipinski definition) is 2. The topological polar surface area (TPSA) is 68.0 Å². The number of hydrogen-bond acceptors (Lipinski definition) is 3. The minimum Gasteiger partial charge on any atom is -0.321 e. The number of rotatable bonds is 2. The van der Waals surface area contributed by atoms with Gasteiger partial charge in [0.2, 0.25) is 0 Å². The highest BCUT2D eigenvalue weighted by Crippen LogP contribution is 2.25. The summed E-state index contributed by atoms with van der Waals surface area (Å²) in [5, 5.41) is 3.56. The molecule has 0 radical (unpaired) electrons. The van der Waals surface area contributed by atoms with Crippen LogP contribution in [0, 0.1) is 11.8 Å². The number of benzene rings is 1. The molecule has 0 aliphatic rings. The average Bonchev–Trinajstić information content (AvgIpc) is 2.48. The van der Waals surface area contributed by atoms with E-state index in [9.17, 15) is 4.79 Å². The van der Waals surface area contributed by atoms with Gasteiger partial charge in [-0.05, 0) is 24.3 Å². The van der Waals surface area contributed by atoms with Crippen LogP contribution >= 0.6 is 23.2 Å². The predicted octanol–water partition coefficient (Wildman–Crippen LogP) is 2.95. The van der Waals surface area contributed by atoms with Gasteiger partial charge < -0.3 is 11.1 Å². The van der Waals surface area contributed by atoms with E-state index in [0.29, 0.717) is 26.9 Å². The standard InChI is InChI=1S/C15H11Cl2N3O/c16-12-3-4-14(13(17)7-12)20-15(21)11-6-10(2-1-5-18)8-19-9-11/h3-4,6-9H,5,18H2,(H,20,21). The quantitative estimate of drug-likeness (QED) is 0.836. The molecule has 0 aliphatic carbocycles. The summed E-state index contributed by atoms with van der Waals surface area (Å²) in [7, 11) is 0. The van der Waals surface area contributed by atoms with Crippen LogP contribution in [0.3, 0.4) is 0 Å². The Labute approximate surface area is 132 Å². The van der Waals surface area contributed by atoms with Gasteiger partial charge in [-0.1, -0.05) is 35.0 Å². The van der Waals surface area contributed by atoms with E-state index in [0.717, 1.165) is 0 Å². The molecule has 2 aromatic rings. The Morgan fingerprint density at radius 1 is 1.29 bits per heavy atom. The smallest absolute Gasteiger partial charge is 0.257 e. The molecular weight excluding hydrogens is 309 g/mol. The number of anilines is 1. The molecule has 6 heteroatoms. The van der Waals surface area contributed by atoms with E-state index in [1.165, 1.54) is 6.20 Å². The maximum Gasteiger partial charge on any atom is 0.257 e. The number of halogens is 2. The van der Waals surface area contributed by atoms with Crippen LogP contribution in [0.2, 0.25) is 10.0 Å². The fraction of sp³-hybridized carbons (Fsp3) is 0.0667. The summed E-state index contributed by atoms with van der Waals surface area (Å²) < 4.78 is 0. The third-order valence-electron chi connectivity index (χ3n) is 2.51. The number of aromatic nitrogens is 1. The number of carbonyl (C=O) groups is 1. The Balaban J connectivity index is 2.20. The van der Waals surface area contributed by atoms with E-state index in [4.69, 9.17) is 28.9 Å². The van der Waals surface area contributed by atoms with Crippen LogP contribution in [0.15, 0.2) is 36.7 Å². The molecule has 0 unspecified atom stereocenters. The van der Waals surface area contributed by atoms with Crippen molar-refractivity contribution in [2.45, 2.75) is 0 Å². The first-order valence-electron chi connectivity index (χ1n) is 6.00. The predicted molar refractivity (Wildman–Crippen MR) is 84.6 cm³/mol. The molecule has 21 heavy (non-hydrogen) atoms. The third kappa shape index (κ3) is 4.20. The van der Waals surface area contributed by atoms with Gasteiger partial charge in [0.05, 0.1) is 22.8 Å². The molecule has 3 N–H and O–H groups in total. The van der Waals surface area contributed by atoms with Crippen molar-refractivity contribution >= 4 is 34.8 Å². The normalized spacial score (nSPS) is 9.67. The number of nitrogens with zero attached hydrogens (tertiary/aromatic N) is 1. The van der Waals surface area contributed by atoms with E-state index in [1.54, 1.807) is 30.5 Å². The third-order valence-corrected chi connectivity index (χ3v) is 3.06. The maximum absolute atomic E-state index is 12.2. The molecule has 106 valence electrons. The summed E-state index contributed by atoms with van der Waals surface area (Å²) in [5.74, 6) is 5.20. The fourth-order valence-electron chi connectivity index (χ4n) is 1.57. The van der Waals surface area contributed by atoms with Gasteiger partial charge in [0.15, 0.2) is 0 Å². The van der Waals surface area contributed by atoms with Gasteiger partial charge in [0.25, 0.3) is 5.91 Å². The Morgan fingerprint density at radius 2 is 2.10 bits per heavy atom. The Morgan fingerprint density at radius 3 is 2.81 bits per heavy atom. The Kier molecular flexibility index (Phi) is 5.18. The van der Waals surface area contributed by atoms with Crippen molar-refractivity contribution in [3.05, 3.63) is 57.8 Å². The molecule has 2 rings (SSSR count). The van der Waals surface area contributed by atoms with Crippen molar-refractivity contribution in [2.24, 2.45) is 5.73 Å². The second kappa shape index (κ2) is 7.09. The number of nitrogens with one attached hydrogen (secondary N) is 1. The van der Waals surface area contributed by atoms with Gasteiger partial charge >= 0.3 is 0 Å². The molecule has 1 aromatic heterocycles. The lowest BCUT2D eigenvalue weighted by atomic mass is 10.2. The molecule has 0 spiro atoms. The molecule has 1 heterocycles. The van der Waals surface area contributed by atoms with Crippen LogP contribution in [-0.2, 0) is 0 Å². The lowest BCUT2D eigenvalue weighted by Crippen LogP contribution is -2.12. The average molecular weight is 320 g/mol. The monoisotopic (exact) mass is 319 g/mol. The van der Waals surface area contributed by atoms with Gasteiger partial charge in [0.1, 0.15) is 0 Å². The number of pyridine rings is 1. The van der Waals surface area contributed by atoms with Crippen LogP contribution in [0.25, 0.3) is 0 Å². The van der Waals surface area contributed by atoms with Crippen molar-refractivity contribution in [2.75, 3.05) is 11.9 Å². The summed E-state index contributed by atoms with van der Waals surface area (Å²) in [5.41, 5.74) is 6.78. The zero-order valence-electron chi connectivity index (χ0n) is 10.9. The van der Waals surface area contributed by atoms with Crippen molar-refractivity contribution in [3.8, 4) is 11.8 Å². The van der Waals surface area contributed by atoms with Crippen molar-refractivity contribution in [1.82, 2.24) is 4.98 Å². The first kappa shape index (κ1) is 15.3. The second-order valence-corrected chi connectivity index (χ2v) is 4.89. The van der Waals surface area contributed by atoms with Crippen LogP contribution in [0.1, 0.15) is 15.9 Å². The second-order valence-electron chi connectivity index (χ2n) is 4.05. The van der Waals surface area contributed by atoms with E-state index in [1.807, 2.05) is 0 Å². The molecule has 0 atom stereocenters. The zero-order chi connectivity index (χ0) is 15.2. The molecule has 0 bridgehead atoms. The summed E-state index contributed by atoms with van der Waals surface area (Å²) in [4.78, 5) is 16.1. The molecular formula is C15H11Cl2N3O. The molecule has 4 nitrogen and oxygen atoms in total. The van der Waals surface area contributed by atoms with Crippen molar-refractivity contribution in [3.63, 3.8) is 0 Å². The van der Waals surface area contributed by atoms with Crippen LogP contribution in [0.4, 0.5) is 5.69 Å². The number of carbonyl (C=O) groups excluding carboxylic acids is 1.